The van der Waals surface area contributed by atoms with Gasteiger partial charge in [-0.25, -0.2) is 0 Å². The molecule has 2 fully saturated rings. The fourth-order valence-corrected chi connectivity index (χ4v) is 6.31. The Morgan fingerprint density at radius 1 is 0.861 bits per heavy atom. The third-order valence-corrected chi connectivity index (χ3v) is 8.40. The molecule has 2 saturated heterocycles. The maximum Gasteiger partial charge on any atom is 0.297 e. The Morgan fingerprint density at radius 3 is 2.08 bits per heavy atom. The fourth-order valence-electron chi connectivity index (χ4n) is 4.31. The highest BCUT2D eigenvalue weighted by Gasteiger charge is 2.49. The lowest BCUT2D eigenvalue weighted by Gasteiger charge is -2.47. The van der Waals surface area contributed by atoms with Gasteiger partial charge in [-0.3, -0.25) is 4.18 Å². The van der Waals surface area contributed by atoms with Crippen LogP contribution in [0.25, 0.3) is 0 Å². The molecule has 3 aromatic rings. The first kappa shape index (κ1) is 25.8. The van der Waals surface area contributed by atoms with Crippen LogP contribution in [0, 0.1) is 6.92 Å². The van der Waals surface area contributed by atoms with Gasteiger partial charge >= 0.3 is 0 Å². The third kappa shape index (κ3) is 5.67. The maximum atomic E-state index is 13.2. The Bertz CT molecular complexity index is 1240. The van der Waals surface area contributed by atoms with Crippen LogP contribution in [-0.2, 0) is 33.2 Å². The maximum absolute atomic E-state index is 13.2. The van der Waals surface area contributed by atoms with Gasteiger partial charge in [-0.1, -0.05) is 101 Å². The summed E-state index contributed by atoms with van der Waals surface area (Å²) < 4.78 is 57.5. The Morgan fingerprint density at radius 2 is 1.47 bits per heavy atom. The van der Waals surface area contributed by atoms with Crippen molar-refractivity contribution in [1.82, 2.24) is 0 Å². The SMILES string of the molecule is Cc1ccc(S(=O)(=O)O[C@H](CI)[C@@H]2O[C@@H](c3ccccc3)O[C@@H]3CO[C@H](c4ccccc4)O[C@H]23)cc1. The molecular formula is C27H27IO7S. The molecule has 0 aromatic heterocycles. The Balaban J connectivity index is 1.44. The predicted molar refractivity (Wildman–Crippen MR) is 141 cm³/mol. The van der Waals surface area contributed by atoms with Crippen LogP contribution in [0.15, 0.2) is 89.8 Å². The van der Waals surface area contributed by atoms with Crippen LogP contribution in [0.5, 0.6) is 0 Å². The van der Waals surface area contributed by atoms with Gasteiger partial charge < -0.3 is 18.9 Å². The van der Waals surface area contributed by atoms with Crippen LogP contribution in [0.4, 0.5) is 0 Å². The van der Waals surface area contributed by atoms with Crippen molar-refractivity contribution >= 4 is 32.7 Å². The molecule has 3 aromatic carbocycles. The lowest BCUT2D eigenvalue weighted by molar-refractivity contribution is -0.370. The summed E-state index contributed by atoms with van der Waals surface area (Å²) in [6.45, 7) is 2.17. The molecule has 0 radical (unpaired) electrons. The Labute approximate surface area is 224 Å². The van der Waals surface area contributed by atoms with E-state index in [1.807, 2.05) is 67.6 Å². The molecular weight excluding hydrogens is 595 g/mol. The summed E-state index contributed by atoms with van der Waals surface area (Å²) in [5.74, 6) is 0. The lowest BCUT2D eigenvalue weighted by Crippen LogP contribution is -2.58. The van der Waals surface area contributed by atoms with Crippen LogP contribution in [-0.4, -0.2) is 43.9 Å². The second-order valence-electron chi connectivity index (χ2n) is 8.75. The summed E-state index contributed by atoms with van der Waals surface area (Å²) in [6.07, 6.45) is -3.94. The Hall–Kier alpha value is -1.86. The van der Waals surface area contributed by atoms with E-state index >= 15 is 0 Å². The van der Waals surface area contributed by atoms with E-state index in [1.54, 1.807) is 24.3 Å². The van der Waals surface area contributed by atoms with Gasteiger partial charge in [0.25, 0.3) is 10.1 Å². The van der Waals surface area contributed by atoms with E-state index in [2.05, 4.69) is 22.6 Å². The van der Waals surface area contributed by atoms with Crippen molar-refractivity contribution in [3.05, 3.63) is 102 Å². The number of alkyl halides is 1. The summed E-state index contributed by atoms with van der Waals surface area (Å²) in [4.78, 5) is 0.0984. The zero-order valence-electron chi connectivity index (χ0n) is 19.6. The van der Waals surface area contributed by atoms with Crippen molar-refractivity contribution in [3.63, 3.8) is 0 Å². The summed E-state index contributed by atoms with van der Waals surface area (Å²) in [5.41, 5.74) is 2.64. The highest BCUT2D eigenvalue weighted by atomic mass is 127. The third-order valence-electron chi connectivity index (χ3n) is 6.18. The van der Waals surface area contributed by atoms with Crippen molar-refractivity contribution in [1.29, 1.82) is 0 Å². The van der Waals surface area contributed by atoms with E-state index in [9.17, 15) is 8.42 Å². The smallest absolute Gasteiger partial charge is 0.297 e. The second kappa shape index (κ2) is 11.3. The quantitative estimate of drug-likeness (QED) is 0.206. The molecule has 0 amide bonds. The first-order valence-electron chi connectivity index (χ1n) is 11.7. The van der Waals surface area contributed by atoms with Gasteiger partial charge in [0, 0.05) is 15.6 Å². The van der Waals surface area contributed by atoms with Gasteiger partial charge in [-0.05, 0) is 19.1 Å². The van der Waals surface area contributed by atoms with E-state index < -0.39 is 47.1 Å². The van der Waals surface area contributed by atoms with Gasteiger partial charge in [0.2, 0.25) is 0 Å². The van der Waals surface area contributed by atoms with Crippen LogP contribution in [0.3, 0.4) is 0 Å². The molecule has 2 aliphatic rings. The molecule has 0 aliphatic carbocycles. The number of aryl methyl sites for hydroxylation is 1. The van der Waals surface area contributed by atoms with Gasteiger partial charge in [0.05, 0.1) is 11.5 Å². The minimum atomic E-state index is -4.04. The molecule has 5 rings (SSSR count). The van der Waals surface area contributed by atoms with Crippen molar-refractivity contribution in [2.24, 2.45) is 0 Å². The number of rotatable bonds is 7. The van der Waals surface area contributed by atoms with Crippen molar-refractivity contribution in [2.45, 2.75) is 48.8 Å². The van der Waals surface area contributed by atoms with Crippen LogP contribution < -0.4 is 0 Å². The first-order chi connectivity index (χ1) is 17.4. The molecule has 0 N–H and O–H groups in total. The minimum absolute atomic E-state index is 0.0984. The topological polar surface area (TPSA) is 80.3 Å². The highest BCUT2D eigenvalue weighted by molar-refractivity contribution is 14.1. The molecule has 36 heavy (non-hydrogen) atoms. The van der Waals surface area contributed by atoms with Crippen molar-refractivity contribution in [2.75, 3.05) is 11.0 Å². The number of halogens is 1. The minimum Gasteiger partial charge on any atom is -0.346 e. The molecule has 0 spiro atoms. The molecule has 0 bridgehead atoms. The molecule has 9 heteroatoms. The summed E-state index contributed by atoms with van der Waals surface area (Å²) in [6, 6.07) is 25.7. The summed E-state index contributed by atoms with van der Waals surface area (Å²) in [7, 11) is -4.04. The van der Waals surface area contributed by atoms with E-state index in [0.29, 0.717) is 4.43 Å². The van der Waals surface area contributed by atoms with Gasteiger partial charge in [-0.15, -0.1) is 0 Å². The van der Waals surface area contributed by atoms with Gasteiger partial charge in [-0.2, -0.15) is 8.42 Å². The van der Waals surface area contributed by atoms with E-state index in [4.69, 9.17) is 23.1 Å². The predicted octanol–water partition coefficient (Wildman–Crippen LogP) is 5.10. The van der Waals surface area contributed by atoms with Crippen LogP contribution in [0.1, 0.15) is 29.3 Å². The number of ether oxygens (including phenoxy) is 4. The van der Waals surface area contributed by atoms with Gasteiger partial charge in [0.1, 0.15) is 24.4 Å². The standard InChI is InChI=1S/C27H27IO7S/c1-18-12-14-21(15-13-18)36(29,30)35-22(16-28)24-25-23(32-27(34-24)20-10-6-3-7-11-20)17-31-26(33-25)19-8-4-2-5-9-19/h2-15,22-27H,16-17H2,1H3/t22-,23-,24+,25+,26+,27+/m1/s1. The molecule has 190 valence electrons. The first-order valence-corrected chi connectivity index (χ1v) is 14.6. The average molecular weight is 622 g/mol. The Kier molecular flexibility index (Phi) is 8.06. The molecule has 6 atom stereocenters. The molecule has 2 heterocycles. The monoisotopic (exact) mass is 622 g/mol. The number of benzene rings is 3. The highest BCUT2D eigenvalue weighted by Crippen LogP contribution is 2.40. The molecule has 7 nitrogen and oxygen atoms in total. The average Bonchev–Trinajstić information content (AvgIpc) is 2.92. The van der Waals surface area contributed by atoms with E-state index in [-0.39, 0.29) is 11.5 Å². The zero-order valence-corrected chi connectivity index (χ0v) is 22.6. The normalized spacial score (nSPS) is 27.2. The van der Waals surface area contributed by atoms with E-state index in [0.717, 1.165) is 16.7 Å². The number of fused-ring (bicyclic) bond motifs is 1. The van der Waals surface area contributed by atoms with Gasteiger partial charge in [0.15, 0.2) is 12.6 Å². The van der Waals surface area contributed by atoms with Crippen molar-refractivity contribution < 1.29 is 31.5 Å². The zero-order chi connectivity index (χ0) is 25.1. The largest absolute Gasteiger partial charge is 0.346 e. The number of hydrogen-bond donors (Lipinski definition) is 0. The van der Waals surface area contributed by atoms with Crippen LogP contribution in [0.2, 0.25) is 0 Å². The van der Waals surface area contributed by atoms with Crippen molar-refractivity contribution in [3.8, 4) is 0 Å². The fraction of sp³-hybridized carbons (Fsp3) is 0.333. The lowest BCUT2D eigenvalue weighted by atomic mass is 10.00. The molecule has 0 unspecified atom stereocenters. The second-order valence-corrected chi connectivity index (χ2v) is 11.2. The van der Waals surface area contributed by atoms with E-state index in [1.165, 1.54) is 0 Å². The van der Waals surface area contributed by atoms with Crippen LogP contribution >= 0.6 is 22.6 Å². The number of hydrogen-bond acceptors (Lipinski definition) is 7. The molecule has 2 aliphatic heterocycles. The summed E-state index contributed by atoms with van der Waals surface area (Å²) >= 11 is 2.12. The molecule has 0 saturated carbocycles. The summed E-state index contributed by atoms with van der Waals surface area (Å²) in [5, 5.41) is 0.